The molecule has 0 radical (unpaired) electrons. The van der Waals surface area contributed by atoms with E-state index in [9.17, 15) is 26.0 Å². The molecule has 0 heterocycles. The van der Waals surface area contributed by atoms with Gasteiger partial charge in [-0.2, -0.15) is 17.2 Å². The molecular formula is C14H26F4O3S. The molecule has 0 bridgehead atoms. The van der Waals surface area contributed by atoms with E-state index in [4.69, 9.17) is 0 Å². The highest BCUT2D eigenvalue weighted by Crippen LogP contribution is 2.30. The van der Waals surface area contributed by atoms with E-state index in [1.54, 1.807) is 0 Å². The average molecular weight is 350 g/mol. The van der Waals surface area contributed by atoms with E-state index >= 15 is 0 Å². The fourth-order valence-electron chi connectivity index (χ4n) is 1.95. The summed E-state index contributed by atoms with van der Waals surface area (Å²) in [5.74, 6) is 0. The monoisotopic (exact) mass is 350 g/mol. The third-order valence-corrected chi connectivity index (χ3v) is 4.65. The number of hydrogen-bond donors (Lipinski definition) is 0. The SMILES string of the molecule is CCCCCCCCCCCCOS(=O)(=O)C(F)(F)C(F)F. The number of halogens is 4. The van der Waals surface area contributed by atoms with E-state index in [1.807, 2.05) is 0 Å². The first kappa shape index (κ1) is 21.6. The molecule has 0 N–H and O–H groups in total. The van der Waals surface area contributed by atoms with Crippen molar-refractivity contribution in [2.45, 2.75) is 82.8 Å². The molecule has 0 fully saturated rings. The molecular weight excluding hydrogens is 324 g/mol. The van der Waals surface area contributed by atoms with Gasteiger partial charge in [-0.3, -0.25) is 4.18 Å². The molecule has 0 aliphatic heterocycles. The molecule has 0 saturated carbocycles. The van der Waals surface area contributed by atoms with E-state index in [2.05, 4.69) is 11.1 Å². The minimum atomic E-state index is -5.55. The van der Waals surface area contributed by atoms with Crippen LogP contribution in [-0.2, 0) is 14.3 Å². The van der Waals surface area contributed by atoms with Gasteiger partial charge >= 0.3 is 21.8 Å². The molecule has 0 spiro atoms. The van der Waals surface area contributed by atoms with Gasteiger partial charge in [-0.1, -0.05) is 64.7 Å². The van der Waals surface area contributed by atoms with Crippen molar-refractivity contribution >= 4 is 10.1 Å². The zero-order valence-corrected chi connectivity index (χ0v) is 13.8. The third kappa shape index (κ3) is 8.31. The van der Waals surface area contributed by atoms with Gasteiger partial charge in [0.1, 0.15) is 0 Å². The van der Waals surface area contributed by atoms with Crippen molar-refractivity contribution in [3.8, 4) is 0 Å². The standard InChI is InChI=1S/C14H26F4O3S/c1-2-3-4-5-6-7-8-9-10-11-12-21-22(19,20)14(17,18)13(15)16/h13H,2-12H2,1H3. The van der Waals surface area contributed by atoms with Crippen molar-refractivity contribution in [2.24, 2.45) is 0 Å². The van der Waals surface area contributed by atoms with Crippen molar-refractivity contribution in [1.29, 1.82) is 0 Å². The second-order valence-corrected chi connectivity index (χ2v) is 7.01. The van der Waals surface area contributed by atoms with Gasteiger partial charge in [-0.25, -0.2) is 8.78 Å². The first-order valence-corrected chi connectivity index (χ1v) is 9.21. The van der Waals surface area contributed by atoms with Gasteiger partial charge < -0.3 is 0 Å². The van der Waals surface area contributed by atoms with Crippen LogP contribution >= 0.6 is 0 Å². The summed E-state index contributed by atoms with van der Waals surface area (Å²) in [6.07, 6.45) is 5.58. The fraction of sp³-hybridized carbons (Fsp3) is 1.00. The molecule has 0 aliphatic carbocycles. The minimum absolute atomic E-state index is 0.258. The zero-order chi connectivity index (χ0) is 17.1. The summed E-state index contributed by atoms with van der Waals surface area (Å²) >= 11 is 0. The van der Waals surface area contributed by atoms with E-state index in [0.717, 1.165) is 25.7 Å². The molecule has 0 saturated heterocycles. The van der Waals surface area contributed by atoms with Crippen molar-refractivity contribution < 1.29 is 30.2 Å². The summed E-state index contributed by atoms with van der Waals surface area (Å²) in [5.41, 5.74) is 0. The molecule has 0 aromatic heterocycles. The van der Waals surface area contributed by atoms with Crippen LogP contribution in [0, 0.1) is 0 Å². The highest BCUT2D eigenvalue weighted by Gasteiger charge is 2.55. The van der Waals surface area contributed by atoms with Crippen LogP contribution in [-0.4, -0.2) is 26.7 Å². The van der Waals surface area contributed by atoms with Crippen LogP contribution in [0.5, 0.6) is 0 Å². The van der Waals surface area contributed by atoms with Gasteiger partial charge in [-0.15, -0.1) is 0 Å². The fourth-order valence-corrected chi connectivity index (χ4v) is 2.66. The lowest BCUT2D eigenvalue weighted by atomic mass is 10.1. The van der Waals surface area contributed by atoms with Gasteiger partial charge in [0.2, 0.25) is 0 Å². The normalized spacial score (nSPS) is 13.0. The molecule has 3 nitrogen and oxygen atoms in total. The van der Waals surface area contributed by atoms with Crippen LogP contribution in [0.1, 0.15) is 71.1 Å². The Morgan fingerprint density at radius 3 is 1.68 bits per heavy atom. The Balaban J connectivity index is 3.62. The number of hydrogen-bond acceptors (Lipinski definition) is 3. The number of alkyl halides is 4. The quantitative estimate of drug-likeness (QED) is 0.248. The Labute approximate surface area is 130 Å². The van der Waals surface area contributed by atoms with E-state index in [0.29, 0.717) is 6.42 Å². The van der Waals surface area contributed by atoms with Gasteiger partial charge in [0, 0.05) is 0 Å². The van der Waals surface area contributed by atoms with Crippen LogP contribution in [0.4, 0.5) is 17.6 Å². The Hall–Kier alpha value is -0.370. The van der Waals surface area contributed by atoms with Gasteiger partial charge in [0.15, 0.2) is 0 Å². The van der Waals surface area contributed by atoms with Crippen molar-refractivity contribution in [3.63, 3.8) is 0 Å². The average Bonchev–Trinajstić information content (AvgIpc) is 2.44. The first-order chi connectivity index (χ1) is 10.3. The topological polar surface area (TPSA) is 43.4 Å². The van der Waals surface area contributed by atoms with E-state index < -0.39 is 28.4 Å². The lowest BCUT2D eigenvalue weighted by Gasteiger charge is -2.15. The molecule has 22 heavy (non-hydrogen) atoms. The Kier molecular flexibility index (Phi) is 11.0. The van der Waals surface area contributed by atoms with Crippen molar-refractivity contribution in [2.75, 3.05) is 6.61 Å². The molecule has 8 heteroatoms. The molecule has 0 amide bonds. The Morgan fingerprint density at radius 1 is 0.864 bits per heavy atom. The smallest absolute Gasteiger partial charge is 0.265 e. The molecule has 0 rings (SSSR count). The maximum Gasteiger partial charge on any atom is 0.428 e. The molecule has 0 unspecified atom stereocenters. The molecule has 0 aliphatic rings. The van der Waals surface area contributed by atoms with Crippen LogP contribution in [0.2, 0.25) is 0 Å². The van der Waals surface area contributed by atoms with E-state index in [-0.39, 0.29) is 6.42 Å². The highest BCUT2D eigenvalue weighted by atomic mass is 32.2. The highest BCUT2D eigenvalue weighted by molar-refractivity contribution is 7.87. The van der Waals surface area contributed by atoms with Crippen LogP contribution in [0.25, 0.3) is 0 Å². The molecule has 0 aromatic rings. The maximum atomic E-state index is 12.7. The predicted octanol–water partition coefficient (Wildman–Crippen LogP) is 5.11. The summed E-state index contributed by atoms with van der Waals surface area (Å²) in [7, 11) is -5.55. The molecule has 0 atom stereocenters. The Bertz CT molecular complexity index is 372. The van der Waals surface area contributed by atoms with E-state index in [1.165, 1.54) is 25.7 Å². The molecule has 134 valence electrons. The summed E-state index contributed by atoms with van der Waals surface area (Å²) < 4.78 is 75.0. The van der Waals surface area contributed by atoms with Gasteiger partial charge in [0.05, 0.1) is 6.61 Å². The van der Waals surface area contributed by atoms with Crippen molar-refractivity contribution in [1.82, 2.24) is 0 Å². The van der Waals surface area contributed by atoms with Crippen LogP contribution < -0.4 is 0 Å². The lowest BCUT2D eigenvalue weighted by Crippen LogP contribution is -2.37. The summed E-state index contributed by atoms with van der Waals surface area (Å²) in [4.78, 5) is 0. The minimum Gasteiger partial charge on any atom is -0.265 e. The first-order valence-electron chi connectivity index (χ1n) is 7.80. The van der Waals surface area contributed by atoms with Crippen LogP contribution in [0.15, 0.2) is 0 Å². The number of rotatable bonds is 14. The molecule has 0 aromatic carbocycles. The summed E-state index contributed by atoms with van der Waals surface area (Å²) in [5, 5.41) is -5.15. The second-order valence-electron chi connectivity index (χ2n) is 5.32. The van der Waals surface area contributed by atoms with Crippen molar-refractivity contribution in [3.05, 3.63) is 0 Å². The maximum absolute atomic E-state index is 12.7. The third-order valence-electron chi connectivity index (χ3n) is 3.32. The Morgan fingerprint density at radius 2 is 1.27 bits per heavy atom. The van der Waals surface area contributed by atoms with Gasteiger partial charge in [-0.05, 0) is 6.42 Å². The van der Waals surface area contributed by atoms with Gasteiger partial charge in [0.25, 0.3) is 0 Å². The predicted molar refractivity (Wildman–Crippen MR) is 77.7 cm³/mol. The number of unbranched alkanes of at least 4 members (excludes halogenated alkanes) is 9. The largest absolute Gasteiger partial charge is 0.428 e. The summed E-state index contributed by atoms with van der Waals surface area (Å²) in [6, 6.07) is 0. The second kappa shape index (κ2) is 11.2. The van der Waals surface area contributed by atoms with Crippen LogP contribution in [0.3, 0.4) is 0 Å². The lowest BCUT2D eigenvalue weighted by molar-refractivity contribution is -0.0708. The zero-order valence-electron chi connectivity index (χ0n) is 13.0. The summed E-state index contributed by atoms with van der Waals surface area (Å²) in [6.45, 7) is 1.67.